The van der Waals surface area contributed by atoms with Gasteiger partial charge < -0.3 is 53.4 Å². The number of unbranched alkanes of at least 4 members (excludes halogenated alkanes) is 8. The largest absolute Gasteiger partial charge is 0.745 e. The van der Waals surface area contributed by atoms with Crippen LogP contribution in [0.15, 0.2) is 372 Å². The van der Waals surface area contributed by atoms with Crippen molar-refractivity contribution in [2.45, 2.75) is 258 Å². The molecule has 21 rings (SSSR count). The van der Waals surface area contributed by atoms with Crippen LogP contribution < -0.4 is 15.5 Å². The van der Waals surface area contributed by atoms with E-state index in [0.29, 0.717) is 54.4 Å². The number of fused-ring (bicyclic) bond motifs is 1. The minimum atomic E-state index is -4.48. The number of imidazole rings is 1. The Balaban J connectivity index is 0.000000148. The maximum atomic E-state index is 12.6. The first-order chi connectivity index (χ1) is 69.9. The average Bonchev–Trinajstić information content (AvgIpc) is 1.46. The maximum absolute atomic E-state index is 12.6. The zero-order valence-electron chi connectivity index (χ0n) is 85.2. The lowest BCUT2D eigenvalue weighted by molar-refractivity contribution is -0.327. The van der Waals surface area contributed by atoms with Crippen LogP contribution in [0.4, 0.5) is 9.59 Å². The summed E-state index contributed by atoms with van der Waals surface area (Å²) in [5.41, 5.74) is 0.327. The van der Waals surface area contributed by atoms with Crippen LogP contribution in [0.1, 0.15) is 197 Å². The van der Waals surface area contributed by atoms with Gasteiger partial charge in [-0.3, -0.25) is 14.5 Å². The number of rotatable bonds is 29. The molecule has 1 amide bonds. The van der Waals surface area contributed by atoms with Gasteiger partial charge in [-0.1, -0.05) is 265 Å². The van der Waals surface area contributed by atoms with Crippen molar-refractivity contribution in [1.29, 1.82) is 0 Å². The SMILES string of the molecule is CC(C)(C)OC(=O)n1c(-c2ccccc2)nc2ccccc21.CC(NC(=O)OC(C)(C)C)C(=O)[O-].CCCCCCCCCCCC(=O)OCCN1CCOCC1.O=C(OCS(=O)(=O)[O-])C12CC3CC(CC(C3)C1)C2.O=C([O-])C12CC3CC(CC(C3)C1)C2.c1ccc([S+](c2ccccc2)c2ccccc2)cc1.c1ccc([S+](c2ccccc2)c2ccccc2)cc1.c1ccc([S+](c2ccccc2)c2ccccc2)cc1. The molecule has 768 valence electrons. The summed E-state index contributed by atoms with van der Waals surface area (Å²) in [7, 11) is -4.53. The fourth-order valence-corrected chi connectivity index (χ4v) is 27.4. The Labute approximate surface area is 867 Å². The molecule has 12 aromatic rings. The molecule has 2 heterocycles. The second-order valence-corrected chi connectivity index (χ2v) is 48.0. The van der Waals surface area contributed by atoms with Crippen molar-refractivity contribution in [2.24, 2.45) is 46.3 Å². The number of nitrogens with one attached hydrogen (secondary N) is 1. The molecule has 1 saturated heterocycles. The standard InChI is InChI=1S/C18H18N2O2.C18H35NO3.3C18H15S.C12H18O5S.C11H16O2.C8H15NO4/c1-18(2,3)22-17(21)20-15-12-8-7-11-14(15)19-16(20)13-9-5-4-6-10-13;1-2-3-4-5-6-7-8-9-10-11-18(20)22-17-14-19-12-15-21-16-13-19;3*1-4-10-16(11-5-1)19(17-12-6-2-7-13-17)18-14-8-3-9-15-18;13-11(17-7-18(14,15)16)12-4-8-1-9(5-12)3-10(2-8)6-12;12-10(13)11-4-7-1-8(5-11)3-9(2-7)6-11;1-5(6(10)11)9-7(12)13-8(2,3)4/h4-12H,1-3H3;2-17H2,1H3;3*1-15H;8-10H,1-7H2,(H,14,15,16);7-9H,1-6H2,(H,12,13);5H,1-4H3,(H,9,12)(H,10,11)/q;;3*+1;;;/p-3. The number of hydrogen-bond acceptors (Lipinski definition) is 18. The van der Waals surface area contributed by atoms with Crippen LogP contribution in [-0.2, 0) is 85.7 Å². The number of esters is 2. The number of carboxylic acids is 2. The summed E-state index contributed by atoms with van der Waals surface area (Å²) >= 11 is 0. The number of carbonyl (C=O) groups excluding carboxylic acids is 6. The highest BCUT2D eigenvalue weighted by molar-refractivity contribution is 7.97. The lowest BCUT2D eigenvalue weighted by atomic mass is 9.49. The Hall–Kier alpha value is -11.6. The normalized spacial score (nSPS) is 19.4. The number of para-hydroxylation sites is 2. The second kappa shape index (κ2) is 56.4. The zero-order chi connectivity index (χ0) is 103. The molecule has 24 heteroatoms. The van der Waals surface area contributed by atoms with Gasteiger partial charge in [0.25, 0.3) is 0 Å². The van der Waals surface area contributed by atoms with E-state index in [-0.39, 0.29) is 38.7 Å². The predicted molar refractivity (Wildman–Crippen MR) is 572 cm³/mol. The van der Waals surface area contributed by atoms with E-state index in [4.69, 9.17) is 23.7 Å². The number of hydrogen-bond donors (Lipinski definition) is 1. The van der Waals surface area contributed by atoms with Crippen LogP contribution in [0.2, 0.25) is 0 Å². The number of carbonyl (C=O) groups is 6. The van der Waals surface area contributed by atoms with Gasteiger partial charge in [0.05, 0.1) is 74.4 Å². The molecule has 8 saturated carbocycles. The van der Waals surface area contributed by atoms with Crippen LogP contribution in [-0.4, -0.2) is 126 Å². The van der Waals surface area contributed by atoms with Gasteiger partial charge >= 0.3 is 24.1 Å². The summed E-state index contributed by atoms with van der Waals surface area (Å²) in [5.74, 6) is 0.893. The van der Waals surface area contributed by atoms with Crippen LogP contribution in [0, 0.1) is 46.3 Å². The maximum Gasteiger partial charge on any atom is 0.420 e. The van der Waals surface area contributed by atoms with Crippen LogP contribution >= 0.6 is 0 Å². The molecule has 8 bridgehead atoms. The Morgan fingerprint density at radius 2 is 0.738 bits per heavy atom. The van der Waals surface area contributed by atoms with E-state index in [0.717, 1.165) is 101 Å². The van der Waals surface area contributed by atoms with Gasteiger partial charge in [-0.25, -0.2) is 27.6 Å². The van der Waals surface area contributed by atoms with E-state index < -0.39 is 74.2 Å². The van der Waals surface area contributed by atoms with E-state index >= 15 is 0 Å². The molecule has 9 aliphatic rings. The topological polar surface area (TPSA) is 285 Å². The Morgan fingerprint density at radius 1 is 0.428 bits per heavy atom. The second-order valence-electron chi connectivity index (χ2n) is 40.6. The summed E-state index contributed by atoms with van der Waals surface area (Å²) in [6.45, 7) is 19.1. The first-order valence-electron chi connectivity index (χ1n) is 51.3. The summed E-state index contributed by atoms with van der Waals surface area (Å²) in [5, 5.41) is 23.5. The number of benzene rings is 11. The van der Waals surface area contributed by atoms with E-state index in [1.165, 1.54) is 139 Å². The quantitative estimate of drug-likeness (QED) is 0.0150. The van der Waals surface area contributed by atoms with E-state index in [9.17, 15) is 52.0 Å². The monoisotopic (exact) mass is 2040 g/mol. The predicted octanol–water partition coefficient (Wildman–Crippen LogP) is 24.5. The molecule has 11 aromatic carbocycles. The fraction of sp³-hybridized carbons (Fsp3) is 0.397. The van der Waals surface area contributed by atoms with Crippen molar-refractivity contribution >= 4 is 89.9 Å². The molecule has 8 aliphatic carbocycles. The van der Waals surface area contributed by atoms with Gasteiger partial charge in [0.2, 0.25) is 0 Å². The Morgan fingerprint density at radius 3 is 1.06 bits per heavy atom. The van der Waals surface area contributed by atoms with Crippen LogP contribution in [0.5, 0.6) is 0 Å². The number of nitrogens with zero attached hydrogens (tertiary/aromatic N) is 3. The summed E-state index contributed by atoms with van der Waals surface area (Å²) in [6, 6.07) is 113. The van der Waals surface area contributed by atoms with Gasteiger partial charge in [0, 0.05) is 43.0 Å². The average molecular weight is 2040 g/mol. The first-order valence-corrected chi connectivity index (χ1v) is 56.6. The Kier molecular flexibility index (Phi) is 43.6. The van der Waals surface area contributed by atoms with E-state index in [2.05, 4.69) is 295 Å². The molecule has 1 unspecified atom stereocenters. The third-order valence-electron chi connectivity index (χ3n) is 26.6. The molecule has 9 fully saturated rings. The van der Waals surface area contributed by atoms with Crippen molar-refractivity contribution in [1.82, 2.24) is 19.8 Å². The molecule has 1 aliphatic heterocycles. The van der Waals surface area contributed by atoms with Crippen molar-refractivity contribution < 1.29 is 75.6 Å². The Bertz CT molecular complexity index is 5390. The molecular formula is C121H144N4O16S4. The highest BCUT2D eigenvalue weighted by Gasteiger charge is 2.56. The molecule has 20 nitrogen and oxygen atoms in total. The smallest absolute Gasteiger partial charge is 0.420 e. The fourth-order valence-electron chi connectivity index (χ4n) is 20.8. The molecule has 0 spiro atoms. The van der Waals surface area contributed by atoms with Crippen LogP contribution in [0.25, 0.3) is 22.4 Å². The number of aromatic nitrogens is 2. The molecule has 1 aromatic heterocycles. The lowest BCUT2D eigenvalue weighted by Gasteiger charge is -2.57. The lowest BCUT2D eigenvalue weighted by Crippen LogP contribution is -2.54. The number of carboxylic acid groups (broad SMARTS) is 2. The molecule has 1 atom stereocenters. The number of ether oxygens (including phenoxy) is 5. The number of aliphatic carboxylic acids is 2. The minimum Gasteiger partial charge on any atom is -0.745 e. The molecule has 145 heavy (non-hydrogen) atoms. The summed E-state index contributed by atoms with van der Waals surface area (Å²) in [4.78, 5) is 87.8. The molecular weight excluding hydrogens is 1890 g/mol. The van der Waals surface area contributed by atoms with Gasteiger partial charge in [0.15, 0.2) is 55.8 Å². The molecule has 1 N–H and O–H groups in total. The molecule has 0 radical (unpaired) electrons. The summed E-state index contributed by atoms with van der Waals surface area (Å²) in [6.07, 6.45) is 23.6. The third kappa shape index (κ3) is 35.9. The van der Waals surface area contributed by atoms with Crippen molar-refractivity contribution in [3.05, 3.63) is 328 Å². The van der Waals surface area contributed by atoms with Gasteiger partial charge in [0.1, 0.15) is 27.9 Å². The minimum absolute atomic E-state index is 0.0146. The van der Waals surface area contributed by atoms with Crippen molar-refractivity contribution in [2.75, 3.05) is 45.4 Å². The third-order valence-corrected chi connectivity index (χ3v) is 33.7. The first kappa shape index (κ1) is 112. The highest BCUT2D eigenvalue weighted by atomic mass is 32.2. The summed E-state index contributed by atoms with van der Waals surface area (Å²) < 4.78 is 58.8. The van der Waals surface area contributed by atoms with Gasteiger partial charge in [-0.05, 0) is 289 Å². The van der Waals surface area contributed by atoms with E-state index in [1.807, 2.05) is 75.4 Å². The van der Waals surface area contributed by atoms with Gasteiger partial charge in [-0.15, -0.1) is 0 Å². The van der Waals surface area contributed by atoms with Crippen molar-refractivity contribution in [3.63, 3.8) is 0 Å². The van der Waals surface area contributed by atoms with Gasteiger partial charge in [-0.2, -0.15) is 0 Å². The number of morpholine rings is 1. The number of amides is 1. The highest BCUT2D eigenvalue weighted by Crippen LogP contribution is 2.61. The van der Waals surface area contributed by atoms with Crippen LogP contribution in [0.3, 0.4) is 0 Å². The number of alkyl carbamates (subject to hydrolysis) is 1. The van der Waals surface area contributed by atoms with Crippen molar-refractivity contribution in [3.8, 4) is 11.4 Å². The van der Waals surface area contributed by atoms with E-state index in [1.54, 1.807) is 20.8 Å². The zero-order valence-corrected chi connectivity index (χ0v) is 88.5.